The van der Waals surface area contributed by atoms with Crippen LogP contribution in [0.15, 0.2) is 11.1 Å². The lowest BCUT2D eigenvalue weighted by atomic mass is 10.9. The maximum absolute atomic E-state index is 10.5. The summed E-state index contributed by atoms with van der Waals surface area (Å²) in [5, 5.41) is 3.53. The van der Waals surface area contributed by atoms with E-state index in [-0.39, 0.29) is 5.69 Å². The summed E-state index contributed by atoms with van der Waals surface area (Å²) >= 11 is 0. The monoisotopic (exact) mass is 129 g/mol. The highest BCUT2D eigenvalue weighted by atomic mass is 16.7. The summed E-state index contributed by atoms with van der Waals surface area (Å²) in [7, 11) is 0. The van der Waals surface area contributed by atoms with Crippen molar-refractivity contribution < 1.29 is 4.84 Å². The Balaban J connectivity index is 2.81. The molecule has 0 atom stereocenters. The van der Waals surface area contributed by atoms with Gasteiger partial charge in [0.05, 0.1) is 0 Å². The Hall–Kier alpha value is -1.26. The van der Waals surface area contributed by atoms with Crippen molar-refractivity contribution in [1.82, 2.24) is 14.9 Å². The Morgan fingerprint density at radius 2 is 2.78 bits per heavy atom. The van der Waals surface area contributed by atoms with E-state index in [1.165, 1.54) is 6.33 Å². The zero-order chi connectivity index (χ0) is 6.69. The van der Waals surface area contributed by atoms with Gasteiger partial charge in [-0.05, 0) is 11.8 Å². The van der Waals surface area contributed by atoms with Crippen molar-refractivity contribution in [2.24, 2.45) is 0 Å². The first-order chi connectivity index (χ1) is 4.34. The number of hydrogen-bond donors (Lipinski definition) is 1. The first-order valence-corrected chi connectivity index (χ1v) is 2.60. The van der Waals surface area contributed by atoms with Crippen LogP contribution in [0.2, 0.25) is 0 Å². The van der Waals surface area contributed by atoms with Gasteiger partial charge in [0.25, 0.3) is 0 Å². The Labute approximate surface area is 51.2 Å². The Bertz CT molecular complexity index is 226. The van der Waals surface area contributed by atoms with E-state index < -0.39 is 0 Å². The molecule has 0 bridgehead atoms. The van der Waals surface area contributed by atoms with Crippen LogP contribution >= 0.6 is 0 Å². The molecule has 1 rings (SSSR count). The predicted molar refractivity (Wildman–Crippen MR) is 30.0 cm³/mol. The summed E-state index contributed by atoms with van der Waals surface area (Å²) in [5.41, 5.74) is -0.350. The van der Waals surface area contributed by atoms with Gasteiger partial charge in [0, 0.05) is 0 Å². The molecule has 1 N–H and O–H groups in total. The molecule has 0 aromatic carbocycles. The van der Waals surface area contributed by atoms with E-state index in [9.17, 15) is 4.79 Å². The third-order valence-electron chi connectivity index (χ3n) is 0.776. The van der Waals surface area contributed by atoms with Crippen LogP contribution in [-0.4, -0.2) is 21.5 Å². The molecule has 1 heterocycles. The van der Waals surface area contributed by atoms with Gasteiger partial charge < -0.3 is 4.84 Å². The zero-order valence-corrected chi connectivity index (χ0v) is 5.00. The number of nitrogens with zero attached hydrogens (tertiary/aromatic N) is 2. The minimum Gasteiger partial charge on any atom is -0.393 e. The van der Waals surface area contributed by atoms with Gasteiger partial charge in [-0.2, -0.15) is 0 Å². The molecule has 9 heavy (non-hydrogen) atoms. The quantitative estimate of drug-likeness (QED) is 0.558. The van der Waals surface area contributed by atoms with Gasteiger partial charge in [0.2, 0.25) is 0 Å². The molecule has 0 saturated heterocycles. The van der Waals surface area contributed by atoms with Gasteiger partial charge in [-0.3, -0.25) is 4.98 Å². The lowest BCUT2D eigenvalue weighted by Crippen LogP contribution is -2.25. The smallest absolute Gasteiger partial charge is 0.377 e. The van der Waals surface area contributed by atoms with Crippen LogP contribution in [0.1, 0.15) is 6.92 Å². The molecule has 1 aromatic heterocycles. The van der Waals surface area contributed by atoms with Crippen LogP contribution in [-0.2, 0) is 0 Å². The molecule has 0 unspecified atom stereocenters. The van der Waals surface area contributed by atoms with Crippen LogP contribution in [0.3, 0.4) is 0 Å². The number of aromatic nitrogens is 3. The van der Waals surface area contributed by atoms with Gasteiger partial charge in [0.15, 0.2) is 0 Å². The van der Waals surface area contributed by atoms with E-state index >= 15 is 0 Å². The van der Waals surface area contributed by atoms with Crippen molar-refractivity contribution in [3.05, 3.63) is 16.8 Å². The summed E-state index contributed by atoms with van der Waals surface area (Å²) in [6.45, 7) is 2.21. The van der Waals surface area contributed by atoms with Gasteiger partial charge in [-0.25, -0.2) is 4.79 Å². The summed E-state index contributed by atoms with van der Waals surface area (Å²) in [6.07, 6.45) is 1.28. The molecule has 5 heteroatoms. The SMILES string of the molecule is CCOn1nc[nH]c1=O. The number of H-pyrrole nitrogens is 1. The van der Waals surface area contributed by atoms with Crippen molar-refractivity contribution in [3.63, 3.8) is 0 Å². The molecule has 0 amide bonds. The lowest BCUT2D eigenvalue weighted by Gasteiger charge is -1.94. The minimum atomic E-state index is -0.350. The van der Waals surface area contributed by atoms with Crippen molar-refractivity contribution in [3.8, 4) is 0 Å². The van der Waals surface area contributed by atoms with Crippen LogP contribution in [0.25, 0.3) is 0 Å². The summed E-state index contributed by atoms with van der Waals surface area (Å²) < 4.78 is 0. The molecule has 0 spiro atoms. The lowest BCUT2D eigenvalue weighted by molar-refractivity contribution is 0.0845. The molecule has 5 nitrogen and oxygen atoms in total. The Morgan fingerprint density at radius 1 is 2.00 bits per heavy atom. The maximum Gasteiger partial charge on any atom is 0.377 e. The fourth-order valence-corrected chi connectivity index (χ4v) is 0.458. The second-order valence-electron chi connectivity index (χ2n) is 1.38. The highest BCUT2D eigenvalue weighted by molar-refractivity contribution is 4.53. The standard InChI is InChI=1S/C4H7N3O2/c1-2-9-7-4(8)5-3-6-7/h3H,2H2,1H3,(H,5,6,8). The Kier molecular flexibility index (Phi) is 1.53. The van der Waals surface area contributed by atoms with Crippen LogP contribution < -0.4 is 10.5 Å². The third-order valence-corrected chi connectivity index (χ3v) is 0.776. The first-order valence-electron chi connectivity index (χ1n) is 2.60. The highest BCUT2D eigenvalue weighted by Gasteiger charge is 1.92. The van der Waals surface area contributed by atoms with Crippen LogP contribution in [0, 0.1) is 0 Å². The fraction of sp³-hybridized carbons (Fsp3) is 0.500. The molecule has 50 valence electrons. The van der Waals surface area contributed by atoms with Crippen molar-refractivity contribution in [2.45, 2.75) is 6.92 Å². The summed E-state index contributed by atoms with van der Waals surface area (Å²) in [6, 6.07) is 0. The van der Waals surface area contributed by atoms with Crippen molar-refractivity contribution in [2.75, 3.05) is 6.61 Å². The summed E-state index contributed by atoms with van der Waals surface area (Å²) in [5.74, 6) is 0. The topological polar surface area (TPSA) is 59.9 Å². The van der Waals surface area contributed by atoms with E-state index in [0.29, 0.717) is 6.61 Å². The van der Waals surface area contributed by atoms with Gasteiger partial charge in [-0.1, -0.05) is 0 Å². The summed E-state index contributed by atoms with van der Waals surface area (Å²) in [4.78, 5) is 18.5. The molecule has 0 saturated carbocycles. The molecular weight excluding hydrogens is 122 g/mol. The maximum atomic E-state index is 10.5. The highest BCUT2D eigenvalue weighted by Crippen LogP contribution is 1.62. The second-order valence-corrected chi connectivity index (χ2v) is 1.38. The second kappa shape index (κ2) is 2.34. The van der Waals surface area contributed by atoms with E-state index in [1.54, 1.807) is 6.92 Å². The Morgan fingerprint density at radius 3 is 3.22 bits per heavy atom. The molecular formula is C4H7N3O2. The molecule has 0 fully saturated rings. The third kappa shape index (κ3) is 1.10. The largest absolute Gasteiger partial charge is 0.393 e. The molecule has 0 radical (unpaired) electrons. The van der Waals surface area contributed by atoms with E-state index in [4.69, 9.17) is 4.84 Å². The average Bonchev–Trinajstić information content (AvgIpc) is 2.18. The van der Waals surface area contributed by atoms with Gasteiger partial charge in [-0.15, -0.1) is 5.10 Å². The van der Waals surface area contributed by atoms with Gasteiger partial charge in [0.1, 0.15) is 12.9 Å². The van der Waals surface area contributed by atoms with Crippen LogP contribution in [0.4, 0.5) is 0 Å². The minimum absolute atomic E-state index is 0.350. The average molecular weight is 129 g/mol. The number of rotatable bonds is 2. The predicted octanol–water partition coefficient (Wildman–Crippen LogP) is -0.980. The van der Waals surface area contributed by atoms with Gasteiger partial charge >= 0.3 is 5.69 Å². The van der Waals surface area contributed by atoms with E-state index in [2.05, 4.69) is 10.1 Å². The molecule has 0 aliphatic carbocycles. The first kappa shape index (κ1) is 5.87. The number of nitrogens with one attached hydrogen (secondary N) is 1. The molecule has 0 aliphatic rings. The normalized spacial score (nSPS) is 9.44. The zero-order valence-electron chi connectivity index (χ0n) is 5.00. The van der Waals surface area contributed by atoms with E-state index in [0.717, 1.165) is 4.85 Å². The van der Waals surface area contributed by atoms with Crippen molar-refractivity contribution >= 4 is 0 Å². The fourth-order valence-electron chi connectivity index (χ4n) is 0.458. The van der Waals surface area contributed by atoms with E-state index in [1.807, 2.05) is 0 Å². The molecule has 1 aromatic rings. The van der Waals surface area contributed by atoms with Crippen LogP contribution in [0.5, 0.6) is 0 Å². The number of aromatic amines is 1. The number of hydrogen-bond acceptors (Lipinski definition) is 3. The van der Waals surface area contributed by atoms with Crippen molar-refractivity contribution in [1.29, 1.82) is 0 Å². The molecule has 0 aliphatic heterocycles.